The number of carbonyl (C=O) groups is 1. The van der Waals surface area contributed by atoms with Gasteiger partial charge in [-0.3, -0.25) is 4.79 Å². The van der Waals surface area contributed by atoms with E-state index in [1.165, 1.54) is 0 Å². The Labute approximate surface area is 109 Å². The number of nitrogens with one attached hydrogen (secondary N) is 1. The first-order chi connectivity index (χ1) is 8.61. The number of amides is 1. The molecule has 104 valence electrons. The minimum absolute atomic E-state index is 0.0937. The predicted molar refractivity (Wildman–Crippen MR) is 69.2 cm³/mol. The lowest BCUT2D eigenvalue weighted by Crippen LogP contribution is -2.48. The second kappa shape index (κ2) is 6.02. The van der Waals surface area contributed by atoms with Crippen LogP contribution in [0.4, 0.5) is 0 Å². The molecule has 0 spiro atoms. The molecule has 2 aliphatic carbocycles. The summed E-state index contributed by atoms with van der Waals surface area (Å²) in [6.45, 7) is 0.430. The highest BCUT2D eigenvalue weighted by Gasteiger charge is 2.34. The number of hydrogen-bond donors (Lipinski definition) is 2. The van der Waals surface area contributed by atoms with Crippen LogP contribution in [0.15, 0.2) is 0 Å². The van der Waals surface area contributed by atoms with Gasteiger partial charge in [-0.15, -0.1) is 0 Å². The molecule has 2 fully saturated rings. The number of carbonyl (C=O) groups excluding carboxylic acids is 1. The summed E-state index contributed by atoms with van der Waals surface area (Å²) in [4.78, 5) is 11.8. The first kappa shape index (κ1) is 13.8. The second-order valence-electron chi connectivity index (χ2n) is 5.94. The van der Waals surface area contributed by atoms with Gasteiger partial charge in [-0.05, 0) is 50.9 Å². The van der Waals surface area contributed by atoms with Crippen LogP contribution in [0, 0.1) is 5.92 Å². The van der Waals surface area contributed by atoms with Gasteiger partial charge in [0.25, 0.3) is 0 Å². The van der Waals surface area contributed by atoms with Crippen LogP contribution in [-0.4, -0.2) is 36.4 Å². The van der Waals surface area contributed by atoms with Gasteiger partial charge in [0.2, 0.25) is 5.91 Å². The van der Waals surface area contributed by atoms with Crippen LogP contribution in [0.2, 0.25) is 0 Å². The second-order valence-corrected chi connectivity index (χ2v) is 5.94. The van der Waals surface area contributed by atoms with Gasteiger partial charge < -0.3 is 15.2 Å². The van der Waals surface area contributed by atoms with Crippen molar-refractivity contribution in [1.29, 1.82) is 0 Å². The Morgan fingerprint density at radius 2 is 2.00 bits per heavy atom. The molecule has 0 aliphatic heterocycles. The monoisotopic (exact) mass is 255 g/mol. The highest BCUT2D eigenvalue weighted by Crippen LogP contribution is 2.31. The van der Waals surface area contributed by atoms with Crippen molar-refractivity contribution in [1.82, 2.24) is 5.32 Å². The van der Waals surface area contributed by atoms with Crippen molar-refractivity contribution < 1.29 is 14.6 Å². The smallest absolute Gasteiger partial charge is 0.220 e. The Morgan fingerprint density at radius 1 is 1.33 bits per heavy atom. The molecular weight excluding hydrogens is 230 g/mol. The number of ether oxygens (including phenoxy) is 1. The zero-order chi connectivity index (χ0) is 13.0. The first-order valence-corrected chi connectivity index (χ1v) is 7.13. The summed E-state index contributed by atoms with van der Waals surface area (Å²) in [6, 6.07) is 0. The minimum Gasteiger partial charge on any atom is -0.388 e. The van der Waals surface area contributed by atoms with E-state index in [1.807, 2.05) is 0 Å². The van der Waals surface area contributed by atoms with Crippen molar-refractivity contribution in [2.24, 2.45) is 5.92 Å². The molecule has 0 saturated heterocycles. The Balaban J connectivity index is 1.62. The first-order valence-electron chi connectivity index (χ1n) is 7.13. The largest absolute Gasteiger partial charge is 0.388 e. The number of rotatable bonds is 5. The van der Waals surface area contributed by atoms with Gasteiger partial charge in [0, 0.05) is 20.1 Å². The van der Waals surface area contributed by atoms with Gasteiger partial charge in [0.15, 0.2) is 0 Å². The molecule has 0 aromatic rings. The lowest BCUT2D eigenvalue weighted by molar-refractivity contribution is -0.124. The summed E-state index contributed by atoms with van der Waals surface area (Å²) < 4.78 is 5.33. The standard InChI is InChI=1S/C14H25NO3/c1-18-12-5-3-11(4-6-12)9-13(16)15-10-14(17)7-2-8-14/h11-12,17H,2-10H2,1H3,(H,15,16). The zero-order valence-corrected chi connectivity index (χ0v) is 11.3. The average Bonchev–Trinajstić information content (AvgIpc) is 2.35. The molecule has 1 amide bonds. The normalized spacial score (nSPS) is 30.6. The predicted octanol–water partition coefficient (Wildman–Crippen LogP) is 1.61. The molecule has 0 aromatic heterocycles. The number of hydrogen-bond acceptors (Lipinski definition) is 3. The van der Waals surface area contributed by atoms with E-state index in [4.69, 9.17) is 4.74 Å². The van der Waals surface area contributed by atoms with Crippen molar-refractivity contribution in [3.63, 3.8) is 0 Å². The van der Waals surface area contributed by atoms with Gasteiger partial charge in [0.1, 0.15) is 0 Å². The van der Waals surface area contributed by atoms with Crippen LogP contribution in [-0.2, 0) is 9.53 Å². The molecule has 0 aromatic carbocycles. The fourth-order valence-electron chi connectivity index (χ4n) is 2.93. The lowest BCUT2D eigenvalue weighted by Gasteiger charge is -2.36. The molecule has 0 radical (unpaired) electrons. The maximum Gasteiger partial charge on any atom is 0.220 e. The van der Waals surface area contributed by atoms with E-state index in [1.54, 1.807) is 7.11 Å². The Bertz CT molecular complexity index is 281. The van der Waals surface area contributed by atoms with E-state index in [2.05, 4.69) is 5.32 Å². The Kier molecular flexibility index (Phi) is 4.62. The third-order valence-electron chi connectivity index (χ3n) is 4.50. The van der Waals surface area contributed by atoms with Crippen LogP contribution in [0.25, 0.3) is 0 Å². The topological polar surface area (TPSA) is 58.6 Å². The number of aliphatic hydroxyl groups is 1. The van der Waals surface area contributed by atoms with Crippen LogP contribution >= 0.6 is 0 Å². The van der Waals surface area contributed by atoms with E-state index < -0.39 is 5.60 Å². The molecule has 0 bridgehead atoms. The molecule has 2 N–H and O–H groups in total. The van der Waals surface area contributed by atoms with Gasteiger partial charge in [-0.25, -0.2) is 0 Å². The Morgan fingerprint density at radius 3 is 2.50 bits per heavy atom. The summed E-state index contributed by atoms with van der Waals surface area (Å²) in [5.74, 6) is 0.587. The summed E-state index contributed by atoms with van der Waals surface area (Å²) in [5, 5.41) is 12.8. The van der Waals surface area contributed by atoms with Crippen LogP contribution in [0.3, 0.4) is 0 Å². The zero-order valence-electron chi connectivity index (χ0n) is 11.3. The molecular formula is C14H25NO3. The third kappa shape index (κ3) is 3.69. The fourth-order valence-corrected chi connectivity index (χ4v) is 2.93. The highest BCUT2D eigenvalue weighted by atomic mass is 16.5. The maximum absolute atomic E-state index is 11.8. The molecule has 18 heavy (non-hydrogen) atoms. The third-order valence-corrected chi connectivity index (χ3v) is 4.50. The summed E-state index contributed by atoms with van der Waals surface area (Å²) in [6.07, 6.45) is 8.02. The van der Waals surface area contributed by atoms with Crippen LogP contribution < -0.4 is 5.32 Å². The van der Waals surface area contributed by atoms with E-state index in [9.17, 15) is 9.90 Å². The Hall–Kier alpha value is -0.610. The van der Waals surface area contributed by atoms with Gasteiger partial charge in [0.05, 0.1) is 11.7 Å². The molecule has 0 heterocycles. The van der Waals surface area contributed by atoms with Crippen LogP contribution in [0.5, 0.6) is 0 Å². The molecule has 2 aliphatic rings. The lowest BCUT2D eigenvalue weighted by atomic mass is 9.80. The maximum atomic E-state index is 11.8. The summed E-state index contributed by atoms with van der Waals surface area (Å²) >= 11 is 0. The summed E-state index contributed by atoms with van der Waals surface area (Å²) in [5.41, 5.74) is -0.608. The highest BCUT2D eigenvalue weighted by molar-refractivity contribution is 5.76. The van der Waals surface area contributed by atoms with Crippen molar-refractivity contribution in [2.75, 3.05) is 13.7 Å². The molecule has 0 unspecified atom stereocenters. The van der Waals surface area contributed by atoms with Crippen LogP contribution in [0.1, 0.15) is 51.4 Å². The summed E-state index contributed by atoms with van der Waals surface area (Å²) in [7, 11) is 1.76. The molecule has 0 atom stereocenters. The quantitative estimate of drug-likeness (QED) is 0.784. The molecule has 2 rings (SSSR count). The van der Waals surface area contributed by atoms with Crippen molar-refractivity contribution in [3.8, 4) is 0 Å². The van der Waals surface area contributed by atoms with E-state index in [0.717, 1.165) is 44.9 Å². The fraction of sp³-hybridized carbons (Fsp3) is 0.929. The van der Waals surface area contributed by atoms with Crippen molar-refractivity contribution >= 4 is 5.91 Å². The van der Waals surface area contributed by atoms with E-state index >= 15 is 0 Å². The van der Waals surface area contributed by atoms with Gasteiger partial charge >= 0.3 is 0 Å². The average molecular weight is 255 g/mol. The van der Waals surface area contributed by atoms with Crippen molar-refractivity contribution in [3.05, 3.63) is 0 Å². The molecule has 2 saturated carbocycles. The SMILES string of the molecule is COC1CCC(CC(=O)NCC2(O)CCC2)CC1. The van der Waals surface area contributed by atoms with Crippen molar-refractivity contribution in [2.45, 2.75) is 63.1 Å². The van der Waals surface area contributed by atoms with Gasteiger partial charge in [-0.1, -0.05) is 0 Å². The minimum atomic E-state index is -0.608. The molecule has 4 nitrogen and oxygen atoms in total. The molecule has 4 heteroatoms. The van der Waals surface area contributed by atoms with Gasteiger partial charge in [-0.2, -0.15) is 0 Å². The number of methoxy groups -OCH3 is 1. The van der Waals surface area contributed by atoms with E-state index in [-0.39, 0.29) is 5.91 Å². The van der Waals surface area contributed by atoms with E-state index in [0.29, 0.717) is 25.0 Å².